The number of carbonyl (C=O) groups excluding carboxylic acids is 1. The van der Waals surface area contributed by atoms with Crippen LogP contribution in [0.1, 0.15) is 33.1 Å². The number of rotatable bonds is 4. The summed E-state index contributed by atoms with van der Waals surface area (Å²) in [5.41, 5.74) is 0. The number of aliphatic hydroxyl groups excluding tert-OH is 1. The summed E-state index contributed by atoms with van der Waals surface area (Å²) in [5, 5.41) is 11.7. The summed E-state index contributed by atoms with van der Waals surface area (Å²) < 4.78 is 0. The van der Waals surface area contributed by atoms with Gasteiger partial charge in [0.05, 0.1) is 0 Å². The molecule has 0 radical (unpaired) electrons. The van der Waals surface area contributed by atoms with Crippen molar-refractivity contribution in [2.45, 2.75) is 33.1 Å². The lowest BCUT2D eigenvalue weighted by molar-refractivity contribution is -0.126. The molecule has 3 atom stereocenters. The highest BCUT2D eigenvalue weighted by Crippen LogP contribution is 2.31. The Hall–Kier alpha value is -0.570. The Morgan fingerprint density at radius 1 is 1.57 bits per heavy atom. The minimum absolute atomic E-state index is 0.139. The van der Waals surface area contributed by atoms with Gasteiger partial charge in [0, 0.05) is 19.1 Å². The summed E-state index contributed by atoms with van der Waals surface area (Å²) >= 11 is 0. The first-order chi connectivity index (χ1) is 6.65. The van der Waals surface area contributed by atoms with Gasteiger partial charge in [-0.1, -0.05) is 20.3 Å². The van der Waals surface area contributed by atoms with Crippen molar-refractivity contribution in [1.29, 1.82) is 0 Å². The Kier molecular flexibility index (Phi) is 4.39. The van der Waals surface area contributed by atoms with Gasteiger partial charge in [-0.05, 0) is 24.7 Å². The number of carbonyl (C=O) groups is 1. The SMILES string of the molecule is CC(CO)CNC(=O)C1CCCC1C. The number of amides is 1. The molecule has 0 bridgehead atoms. The Bertz CT molecular complexity index is 194. The topological polar surface area (TPSA) is 49.3 Å². The molecule has 0 saturated heterocycles. The van der Waals surface area contributed by atoms with E-state index in [4.69, 9.17) is 5.11 Å². The summed E-state index contributed by atoms with van der Waals surface area (Å²) in [4.78, 5) is 11.7. The number of aliphatic hydroxyl groups is 1. The molecule has 0 aromatic heterocycles. The molecule has 82 valence electrons. The first kappa shape index (κ1) is 11.5. The van der Waals surface area contributed by atoms with Crippen molar-refractivity contribution in [3.63, 3.8) is 0 Å². The Balaban J connectivity index is 2.27. The van der Waals surface area contributed by atoms with Crippen LogP contribution in [0.2, 0.25) is 0 Å². The van der Waals surface area contributed by atoms with Gasteiger partial charge in [-0.25, -0.2) is 0 Å². The van der Waals surface area contributed by atoms with Crippen molar-refractivity contribution in [3.05, 3.63) is 0 Å². The maximum absolute atomic E-state index is 11.7. The largest absolute Gasteiger partial charge is 0.396 e. The molecule has 3 heteroatoms. The first-order valence-electron chi connectivity index (χ1n) is 5.53. The Morgan fingerprint density at radius 3 is 2.79 bits per heavy atom. The van der Waals surface area contributed by atoms with Gasteiger partial charge in [0.25, 0.3) is 0 Å². The fourth-order valence-electron chi connectivity index (χ4n) is 2.01. The summed E-state index contributed by atoms with van der Waals surface area (Å²) in [5.74, 6) is 1.08. The van der Waals surface area contributed by atoms with Gasteiger partial charge in [-0.2, -0.15) is 0 Å². The average molecular weight is 199 g/mol. The second-order valence-corrected chi connectivity index (χ2v) is 4.55. The van der Waals surface area contributed by atoms with Crippen molar-refractivity contribution in [2.75, 3.05) is 13.2 Å². The quantitative estimate of drug-likeness (QED) is 0.714. The molecule has 1 aliphatic carbocycles. The molecular formula is C11H21NO2. The number of hydrogen-bond donors (Lipinski definition) is 2. The monoisotopic (exact) mass is 199 g/mol. The molecule has 0 heterocycles. The van der Waals surface area contributed by atoms with E-state index >= 15 is 0 Å². The molecule has 14 heavy (non-hydrogen) atoms. The van der Waals surface area contributed by atoms with Gasteiger partial charge in [-0.3, -0.25) is 4.79 Å². The molecule has 1 saturated carbocycles. The molecule has 0 spiro atoms. The number of hydrogen-bond acceptors (Lipinski definition) is 2. The maximum atomic E-state index is 11.7. The van der Waals surface area contributed by atoms with Crippen LogP contribution >= 0.6 is 0 Å². The van der Waals surface area contributed by atoms with Gasteiger partial charge < -0.3 is 10.4 Å². The molecule has 2 N–H and O–H groups in total. The normalized spacial score (nSPS) is 28.8. The smallest absolute Gasteiger partial charge is 0.223 e. The van der Waals surface area contributed by atoms with Gasteiger partial charge >= 0.3 is 0 Å². The minimum Gasteiger partial charge on any atom is -0.396 e. The fourth-order valence-corrected chi connectivity index (χ4v) is 2.01. The molecular weight excluding hydrogens is 178 g/mol. The maximum Gasteiger partial charge on any atom is 0.223 e. The van der Waals surface area contributed by atoms with E-state index in [2.05, 4.69) is 12.2 Å². The molecule has 0 aliphatic heterocycles. The third-order valence-corrected chi connectivity index (χ3v) is 3.13. The van der Waals surface area contributed by atoms with E-state index in [0.29, 0.717) is 12.5 Å². The van der Waals surface area contributed by atoms with E-state index < -0.39 is 0 Å². The summed E-state index contributed by atoms with van der Waals surface area (Å²) in [7, 11) is 0. The second kappa shape index (κ2) is 5.35. The standard InChI is InChI=1S/C11H21NO2/c1-8(7-13)6-12-11(14)10-5-3-4-9(10)2/h8-10,13H,3-7H2,1-2H3,(H,12,14). The van der Waals surface area contributed by atoms with E-state index in [1.807, 2.05) is 6.92 Å². The van der Waals surface area contributed by atoms with Gasteiger partial charge in [0.2, 0.25) is 5.91 Å². The molecule has 1 rings (SSSR count). The Labute approximate surface area is 85.9 Å². The predicted octanol–water partition coefficient (Wildman–Crippen LogP) is 1.17. The highest BCUT2D eigenvalue weighted by Gasteiger charge is 2.29. The minimum atomic E-state index is 0.139. The third-order valence-electron chi connectivity index (χ3n) is 3.13. The van der Waals surface area contributed by atoms with Crippen LogP contribution in [0.15, 0.2) is 0 Å². The van der Waals surface area contributed by atoms with E-state index in [1.165, 1.54) is 12.8 Å². The number of nitrogens with one attached hydrogen (secondary N) is 1. The van der Waals surface area contributed by atoms with Crippen LogP contribution in [-0.2, 0) is 4.79 Å². The first-order valence-corrected chi connectivity index (χ1v) is 5.53. The zero-order valence-electron chi connectivity index (χ0n) is 9.12. The lowest BCUT2D eigenvalue weighted by atomic mass is 9.97. The van der Waals surface area contributed by atoms with Crippen LogP contribution in [-0.4, -0.2) is 24.2 Å². The van der Waals surface area contributed by atoms with Crippen molar-refractivity contribution in [2.24, 2.45) is 17.8 Å². The van der Waals surface area contributed by atoms with Gasteiger partial charge in [-0.15, -0.1) is 0 Å². The van der Waals surface area contributed by atoms with Crippen molar-refractivity contribution < 1.29 is 9.90 Å². The van der Waals surface area contributed by atoms with Crippen LogP contribution in [0, 0.1) is 17.8 Å². The fraction of sp³-hybridized carbons (Fsp3) is 0.909. The van der Waals surface area contributed by atoms with E-state index in [-0.39, 0.29) is 24.3 Å². The van der Waals surface area contributed by atoms with Crippen LogP contribution in [0.3, 0.4) is 0 Å². The summed E-state index contributed by atoms with van der Waals surface area (Å²) in [6, 6.07) is 0. The van der Waals surface area contributed by atoms with Crippen LogP contribution in [0.4, 0.5) is 0 Å². The zero-order valence-corrected chi connectivity index (χ0v) is 9.12. The summed E-state index contributed by atoms with van der Waals surface area (Å²) in [6.45, 7) is 4.81. The van der Waals surface area contributed by atoms with E-state index in [9.17, 15) is 4.79 Å². The van der Waals surface area contributed by atoms with Crippen molar-refractivity contribution >= 4 is 5.91 Å². The molecule has 0 aromatic rings. The zero-order chi connectivity index (χ0) is 10.6. The highest BCUT2D eigenvalue weighted by atomic mass is 16.3. The molecule has 1 aliphatic rings. The van der Waals surface area contributed by atoms with Crippen LogP contribution in [0.25, 0.3) is 0 Å². The molecule has 3 unspecified atom stereocenters. The van der Waals surface area contributed by atoms with Gasteiger partial charge in [0.1, 0.15) is 0 Å². The molecule has 3 nitrogen and oxygen atoms in total. The molecule has 0 aromatic carbocycles. The second-order valence-electron chi connectivity index (χ2n) is 4.55. The van der Waals surface area contributed by atoms with E-state index in [1.54, 1.807) is 0 Å². The third kappa shape index (κ3) is 2.98. The van der Waals surface area contributed by atoms with Crippen LogP contribution in [0.5, 0.6) is 0 Å². The average Bonchev–Trinajstić information content (AvgIpc) is 2.60. The van der Waals surface area contributed by atoms with Gasteiger partial charge in [0.15, 0.2) is 0 Å². The molecule has 1 amide bonds. The van der Waals surface area contributed by atoms with Crippen molar-refractivity contribution in [3.8, 4) is 0 Å². The lowest BCUT2D eigenvalue weighted by Gasteiger charge is -2.16. The highest BCUT2D eigenvalue weighted by molar-refractivity contribution is 5.79. The predicted molar refractivity (Wildman–Crippen MR) is 55.8 cm³/mol. The Morgan fingerprint density at radius 2 is 2.29 bits per heavy atom. The molecule has 1 fully saturated rings. The van der Waals surface area contributed by atoms with Crippen LogP contribution < -0.4 is 5.32 Å². The summed E-state index contributed by atoms with van der Waals surface area (Å²) in [6.07, 6.45) is 3.38. The lowest BCUT2D eigenvalue weighted by Crippen LogP contribution is -2.35. The van der Waals surface area contributed by atoms with Crippen molar-refractivity contribution in [1.82, 2.24) is 5.32 Å². The van der Waals surface area contributed by atoms with E-state index in [0.717, 1.165) is 6.42 Å².